The molecule has 0 saturated carbocycles. The number of rotatable bonds is 7. The first-order valence-corrected chi connectivity index (χ1v) is 9.23. The fourth-order valence-electron chi connectivity index (χ4n) is 2.71. The van der Waals surface area contributed by atoms with Gasteiger partial charge in [0.2, 0.25) is 5.89 Å². The third-order valence-corrected chi connectivity index (χ3v) is 4.22. The quantitative estimate of drug-likeness (QED) is 0.750. The number of hydrogen-bond acceptors (Lipinski definition) is 6. The van der Waals surface area contributed by atoms with Crippen molar-refractivity contribution in [2.24, 2.45) is 0 Å². The van der Waals surface area contributed by atoms with Crippen molar-refractivity contribution >= 4 is 6.03 Å². The van der Waals surface area contributed by atoms with Gasteiger partial charge < -0.3 is 24.2 Å². The van der Waals surface area contributed by atoms with Crippen molar-refractivity contribution in [3.8, 4) is 11.5 Å². The molecule has 0 bridgehead atoms. The molecule has 3 rings (SSSR count). The molecule has 146 valence electrons. The first-order chi connectivity index (χ1) is 13.0. The molecule has 2 amide bonds. The Labute approximate surface area is 158 Å². The Morgan fingerprint density at radius 3 is 2.78 bits per heavy atom. The highest BCUT2D eigenvalue weighted by molar-refractivity contribution is 5.73. The zero-order chi connectivity index (χ0) is 19.2. The Balaban J connectivity index is 1.41. The van der Waals surface area contributed by atoms with Gasteiger partial charge in [-0.25, -0.2) is 4.79 Å². The molecule has 1 aromatic heterocycles. The summed E-state index contributed by atoms with van der Waals surface area (Å²) >= 11 is 0. The van der Waals surface area contributed by atoms with Crippen LogP contribution in [-0.2, 0) is 13.0 Å². The molecule has 2 heterocycles. The number of carbonyl (C=O) groups is 1. The lowest BCUT2D eigenvalue weighted by Crippen LogP contribution is -2.37. The molecule has 1 aliphatic rings. The summed E-state index contributed by atoms with van der Waals surface area (Å²) in [5.74, 6) is 3.05. The van der Waals surface area contributed by atoms with Crippen LogP contribution in [0.25, 0.3) is 0 Å². The van der Waals surface area contributed by atoms with Crippen LogP contribution in [0.15, 0.2) is 22.7 Å². The van der Waals surface area contributed by atoms with Crippen molar-refractivity contribution in [3.63, 3.8) is 0 Å². The maximum absolute atomic E-state index is 12.2. The topological polar surface area (TPSA) is 89.7 Å². The molecule has 27 heavy (non-hydrogen) atoms. The SMILES string of the molecule is CC(C)c1noc(CCCNC(=O)N(C)Cc2ccc3c(c2)OCCO3)n1. The summed E-state index contributed by atoms with van der Waals surface area (Å²) in [7, 11) is 1.76. The van der Waals surface area contributed by atoms with Crippen molar-refractivity contribution in [3.05, 3.63) is 35.5 Å². The van der Waals surface area contributed by atoms with Gasteiger partial charge in [0.15, 0.2) is 17.3 Å². The van der Waals surface area contributed by atoms with Crippen molar-refractivity contribution in [1.29, 1.82) is 0 Å². The predicted molar refractivity (Wildman–Crippen MR) is 99.0 cm³/mol. The number of hydrogen-bond donors (Lipinski definition) is 1. The van der Waals surface area contributed by atoms with Crippen LogP contribution in [-0.4, -0.2) is 47.9 Å². The normalized spacial score (nSPS) is 12.9. The summed E-state index contributed by atoms with van der Waals surface area (Å²) in [5.41, 5.74) is 0.990. The first-order valence-electron chi connectivity index (χ1n) is 9.23. The summed E-state index contributed by atoms with van der Waals surface area (Å²) in [6, 6.07) is 5.61. The Bertz CT molecular complexity index is 775. The number of benzene rings is 1. The molecule has 1 aliphatic heterocycles. The smallest absolute Gasteiger partial charge is 0.317 e. The molecule has 2 aromatic rings. The highest BCUT2D eigenvalue weighted by atomic mass is 16.6. The second-order valence-electron chi connectivity index (χ2n) is 6.87. The van der Waals surface area contributed by atoms with E-state index in [0.717, 1.165) is 23.5 Å². The van der Waals surface area contributed by atoms with Gasteiger partial charge in [-0.2, -0.15) is 4.98 Å². The van der Waals surface area contributed by atoms with Crippen molar-refractivity contribution in [1.82, 2.24) is 20.4 Å². The average molecular weight is 374 g/mol. The Morgan fingerprint density at radius 1 is 1.26 bits per heavy atom. The van der Waals surface area contributed by atoms with Crippen LogP contribution in [0.3, 0.4) is 0 Å². The van der Waals surface area contributed by atoms with E-state index in [2.05, 4.69) is 15.5 Å². The lowest BCUT2D eigenvalue weighted by molar-refractivity contribution is 0.171. The summed E-state index contributed by atoms with van der Waals surface area (Å²) < 4.78 is 16.3. The average Bonchev–Trinajstić information content (AvgIpc) is 3.14. The third kappa shape index (κ3) is 5.12. The van der Waals surface area contributed by atoms with Gasteiger partial charge in [0, 0.05) is 32.5 Å². The van der Waals surface area contributed by atoms with Gasteiger partial charge >= 0.3 is 6.03 Å². The van der Waals surface area contributed by atoms with E-state index in [-0.39, 0.29) is 11.9 Å². The molecule has 1 aromatic carbocycles. The monoisotopic (exact) mass is 374 g/mol. The number of ether oxygens (including phenoxy) is 2. The molecular weight excluding hydrogens is 348 g/mol. The van der Waals surface area contributed by atoms with E-state index in [1.165, 1.54) is 0 Å². The van der Waals surface area contributed by atoms with Crippen LogP contribution in [0, 0.1) is 0 Å². The summed E-state index contributed by atoms with van der Waals surface area (Å²) in [6.45, 7) is 6.19. The molecule has 0 saturated heterocycles. The number of nitrogens with zero attached hydrogens (tertiary/aromatic N) is 3. The fraction of sp³-hybridized carbons (Fsp3) is 0.526. The minimum absolute atomic E-state index is 0.127. The van der Waals surface area contributed by atoms with E-state index in [1.807, 2.05) is 32.0 Å². The Morgan fingerprint density at radius 2 is 2.04 bits per heavy atom. The van der Waals surface area contributed by atoms with Gasteiger partial charge in [-0.05, 0) is 24.1 Å². The van der Waals surface area contributed by atoms with Crippen LogP contribution >= 0.6 is 0 Å². The molecule has 0 spiro atoms. The third-order valence-electron chi connectivity index (χ3n) is 4.22. The van der Waals surface area contributed by atoms with Gasteiger partial charge in [0.25, 0.3) is 0 Å². The number of aromatic nitrogens is 2. The summed E-state index contributed by atoms with van der Waals surface area (Å²) in [5, 5.41) is 6.84. The maximum atomic E-state index is 12.2. The number of urea groups is 1. The minimum Gasteiger partial charge on any atom is -0.486 e. The number of nitrogens with one attached hydrogen (secondary N) is 1. The fourth-order valence-corrected chi connectivity index (χ4v) is 2.71. The summed E-state index contributed by atoms with van der Waals surface area (Å²) in [4.78, 5) is 18.2. The molecule has 8 nitrogen and oxygen atoms in total. The van der Waals surface area contributed by atoms with E-state index in [0.29, 0.717) is 44.4 Å². The zero-order valence-electron chi connectivity index (χ0n) is 16.0. The number of amides is 2. The molecule has 0 radical (unpaired) electrons. The van der Waals surface area contributed by atoms with Gasteiger partial charge in [-0.3, -0.25) is 0 Å². The van der Waals surface area contributed by atoms with E-state index < -0.39 is 0 Å². The second-order valence-corrected chi connectivity index (χ2v) is 6.87. The van der Waals surface area contributed by atoms with E-state index in [1.54, 1.807) is 11.9 Å². The highest BCUT2D eigenvalue weighted by Crippen LogP contribution is 2.31. The lowest BCUT2D eigenvalue weighted by atomic mass is 10.2. The second kappa shape index (κ2) is 8.75. The van der Waals surface area contributed by atoms with E-state index >= 15 is 0 Å². The summed E-state index contributed by atoms with van der Waals surface area (Å²) in [6.07, 6.45) is 1.38. The number of aryl methyl sites for hydroxylation is 1. The van der Waals surface area contributed by atoms with Gasteiger partial charge in [-0.15, -0.1) is 0 Å². The first kappa shape index (κ1) is 19.0. The minimum atomic E-state index is -0.127. The van der Waals surface area contributed by atoms with E-state index in [4.69, 9.17) is 14.0 Å². The molecule has 0 aliphatic carbocycles. The molecular formula is C19H26N4O4. The predicted octanol–water partition coefficient (Wildman–Crippen LogP) is 2.74. The van der Waals surface area contributed by atoms with Crippen molar-refractivity contribution in [2.75, 3.05) is 26.8 Å². The molecule has 0 unspecified atom stereocenters. The lowest BCUT2D eigenvalue weighted by Gasteiger charge is -2.21. The van der Waals surface area contributed by atoms with Crippen LogP contribution in [0.2, 0.25) is 0 Å². The Kier molecular flexibility index (Phi) is 6.16. The molecule has 1 N–H and O–H groups in total. The van der Waals surface area contributed by atoms with Crippen LogP contribution < -0.4 is 14.8 Å². The van der Waals surface area contributed by atoms with E-state index in [9.17, 15) is 4.79 Å². The van der Waals surface area contributed by atoms with Gasteiger partial charge in [0.05, 0.1) is 0 Å². The molecule has 0 atom stereocenters. The van der Waals surface area contributed by atoms with Gasteiger partial charge in [-0.1, -0.05) is 25.1 Å². The largest absolute Gasteiger partial charge is 0.486 e. The van der Waals surface area contributed by atoms with Crippen molar-refractivity contribution in [2.45, 2.75) is 39.2 Å². The maximum Gasteiger partial charge on any atom is 0.317 e. The van der Waals surface area contributed by atoms with Crippen LogP contribution in [0.1, 0.15) is 43.5 Å². The van der Waals surface area contributed by atoms with Gasteiger partial charge in [0.1, 0.15) is 13.2 Å². The van der Waals surface area contributed by atoms with Crippen molar-refractivity contribution < 1.29 is 18.8 Å². The number of fused-ring (bicyclic) bond motifs is 1. The van der Waals surface area contributed by atoms with Crippen LogP contribution in [0.5, 0.6) is 11.5 Å². The Hall–Kier alpha value is -2.77. The zero-order valence-corrected chi connectivity index (χ0v) is 16.0. The molecule has 8 heteroatoms. The van der Waals surface area contributed by atoms with Crippen LogP contribution in [0.4, 0.5) is 4.79 Å². The number of carbonyl (C=O) groups excluding carboxylic acids is 1. The molecule has 0 fully saturated rings. The standard InChI is InChI=1S/C19H26N4O4/c1-13(2)18-21-17(27-22-18)5-4-8-20-19(24)23(3)12-14-6-7-15-16(11-14)26-10-9-25-15/h6-7,11,13H,4-5,8-10,12H2,1-3H3,(H,20,24). The highest BCUT2D eigenvalue weighted by Gasteiger charge is 2.14.